The standard InChI is InChI=1S/C15H16FNO5S2/c1-24(19,20)21-8-12-7-17(15(18)22-12)11-2-3-13(14(16)6-11)10-4-5-23-9-10/h2-6,10,12H,7-9H2,1H3. The summed E-state index contributed by atoms with van der Waals surface area (Å²) in [5, 5.41) is 1.95. The fourth-order valence-electron chi connectivity index (χ4n) is 2.56. The lowest BCUT2D eigenvalue weighted by atomic mass is 10.0. The Morgan fingerprint density at radius 1 is 1.46 bits per heavy atom. The van der Waals surface area contributed by atoms with E-state index in [1.165, 1.54) is 11.0 Å². The van der Waals surface area contributed by atoms with Gasteiger partial charge in [0.2, 0.25) is 0 Å². The van der Waals surface area contributed by atoms with Crippen molar-refractivity contribution < 1.29 is 26.5 Å². The highest BCUT2D eigenvalue weighted by Gasteiger charge is 2.33. The normalized spacial score (nSPS) is 23.8. The van der Waals surface area contributed by atoms with Gasteiger partial charge in [-0.3, -0.25) is 9.08 Å². The second-order valence-electron chi connectivity index (χ2n) is 5.58. The van der Waals surface area contributed by atoms with Gasteiger partial charge < -0.3 is 4.74 Å². The van der Waals surface area contributed by atoms with Gasteiger partial charge in [0.15, 0.2) is 0 Å². The third-order valence-electron chi connectivity index (χ3n) is 3.72. The van der Waals surface area contributed by atoms with Crippen molar-refractivity contribution in [3.63, 3.8) is 0 Å². The SMILES string of the molecule is CS(=O)(=O)OCC1CN(c2ccc(C3C=CSC3)c(F)c2)C(=O)O1. The average Bonchev–Trinajstić information content (AvgIpc) is 3.14. The predicted octanol–water partition coefficient (Wildman–Crippen LogP) is 2.47. The molecule has 6 nitrogen and oxygen atoms in total. The van der Waals surface area contributed by atoms with Crippen LogP contribution in [-0.2, 0) is 19.0 Å². The van der Waals surface area contributed by atoms with E-state index < -0.39 is 22.3 Å². The minimum absolute atomic E-state index is 0.0329. The van der Waals surface area contributed by atoms with Gasteiger partial charge in [0.1, 0.15) is 18.5 Å². The Morgan fingerprint density at radius 2 is 2.25 bits per heavy atom. The topological polar surface area (TPSA) is 72.9 Å². The Morgan fingerprint density at radius 3 is 2.88 bits per heavy atom. The highest BCUT2D eigenvalue weighted by atomic mass is 32.2. The number of carbonyl (C=O) groups excluding carboxylic acids is 1. The van der Waals surface area contributed by atoms with E-state index in [4.69, 9.17) is 4.74 Å². The first-order valence-electron chi connectivity index (χ1n) is 7.24. The molecule has 130 valence electrons. The van der Waals surface area contributed by atoms with E-state index in [0.29, 0.717) is 11.3 Å². The molecular weight excluding hydrogens is 357 g/mol. The van der Waals surface area contributed by atoms with E-state index in [9.17, 15) is 17.6 Å². The number of benzene rings is 1. The van der Waals surface area contributed by atoms with Crippen LogP contribution in [0.2, 0.25) is 0 Å². The fraction of sp³-hybridized carbons (Fsp3) is 0.400. The van der Waals surface area contributed by atoms with Gasteiger partial charge in [-0.15, -0.1) is 11.8 Å². The highest BCUT2D eigenvalue weighted by molar-refractivity contribution is 8.02. The molecule has 2 unspecified atom stereocenters. The van der Waals surface area contributed by atoms with Crippen LogP contribution in [0.15, 0.2) is 29.7 Å². The monoisotopic (exact) mass is 373 g/mol. The number of cyclic esters (lactones) is 1. The van der Waals surface area contributed by atoms with Crippen molar-refractivity contribution in [3.8, 4) is 0 Å². The van der Waals surface area contributed by atoms with Crippen molar-refractivity contribution >= 4 is 33.7 Å². The number of hydrogen-bond acceptors (Lipinski definition) is 6. The molecule has 0 N–H and O–H groups in total. The maximum Gasteiger partial charge on any atom is 0.414 e. The number of halogens is 1. The van der Waals surface area contributed by atoms with Crippen LogP contribution in [0.1, 0.15) is 11.5 Å². The number of nitrogens with zero attached hydrogens (tertiary/aromatic N) is 1. The zero-order chi connectivity index (χ0) is 17.3. The Hall–Kier alpha value is -1.58. The number of ether oxygens (including phenoxy) is 1. The average molecular weight is 373 g/mol. The Labute approximate surface area is 143 Å². The summed E-state index contributed by atoms with van der Waals surface area (Å²) < 4.78 is 46.0. The van der Waals surface area contributed by atoms with Gasteiger partial charge in [0, 0.05) is 11.7 Å². The summed E-state index contributed by atoms with van der Waals surface area (Å²) in [6, 6.07) is 4.63. The molecule has 0 aromatic heterocycles. The van der Waals surface area contributed by atoms with Crippen molar-refractivity contribution in [2.45, 2.75) is 12.0 Å². The lowest BCUT2D eigenvalue weighted by Gasteiger charge is -2.16. The number of rotatable bonds is 5. The van der Waals surface area contributed by atoms with Crippen LogP contribution in [0, 0.1) is 5.82 Å². The molecule has 2 heterocycles. The maximum absolute atomic E-state index is 14.4. The van der Waals surface area contributed by atoms with Crippen molar-refractivity contribution in [1.29, 1.82) is 0 Å². The van der Waals surface area contributed by atoms with E-state index in [-0.39, 0.29) is 24.9 Å². The Bertz CT molecular complexity index is 780. The maximum atomic E-state index is 14.4. The number of thioether (sulfide) groups is 1. The first-order chi connectivity index (χ1) is 11.3. The second kappa shape index (κ2) is 6.73. The van der Waals surface area contributed by atoms with Gasteiger partial charge in [-0.25, -0.2) is 9.18 Å². The van der Waals surface area contributed by atoms with Crippen molar-refractivity contribution in [1.82, 2.24) is 0 Å². The van der Waals surface area contributed by atoms with Gasteiger partial charge in [-0.1, -0.05) is 12.1 Å². The first kappa shape index (κ1) is 17.2. The van der Waals surface area contributed by atoms with Crippen LogP contribution >= 0.6 is 11.8 Å². The number of hydrogen-bond donors (Lipinski definition) is 0. The first-order valence-corrected chi connectivity index (χ1v) is 10.1. The van der Waals surface area contributed by atoms with Gasteiger partial charge >= 0.3 is 6.09 Å². The molecule has 1 fully saturated rings. The van der Waals surface area contributed by atoms with E-state index >= 15 is 0 Å². The van der Waals surface area contributed by atoms with E-state index in [1.54, 1.807) is 23.9 Å². The van der Waals surface area contributed by atoms with Crippen molar-refractivity contribution in [3.05, 3.63) is 41.1 Å². The molecule has 0 spiro atoms. The third-order valence-corrected chi connectivity index (χ3v) is 5.19. The molecule has 1 aromatic carbocycles. The van der Waals surface area contributed by atoms with E-state index in [0.717, 1.165) is 12.0 Å². The zero-order valence-corrected chi connectivity index (χ0v) is 14.5. The van der Waals surface area contributed by atoms with E-state index in [2.05, 4.69) is 4.18 Å². The number of carbonyl (C=O) groups is 1. The molecular formula is C15H16FNO5S2. The minimum atomic E-state index is -3.61. The molecule has 2 aliphatic heterocycles. The highest BCUT2D eigenvalue weighted by Crippen LogP contribution is 2.33. The van der Waals surface area contributed by atoms with Gasteiger partial charge in [-0.2, -0.15) is 8.42 Å². The predicted molar refractivity (Wildman–Crippen MR) is 89.1 cm³/mol. The summed E-state index contributed by atoms with van der Waals surface area (Å²) in [4.78, 5) is 13.2. The van der Waals surface area contributed by atoms with Gasteiger partial charge in [-0.05, 0) is 23.1 Å². The second-order valence-corrected chi connectivity index (χ2v) is 8.16. The van der Waals surface area contributed by atoms with Crippen LogP contribution in [0.25, 0.3) is 0 Å². The largest absolute Gasteiger partial charge is 0.441 e. The number of amides is 1. The van der Waals surface area contributed by atoms with Gasteiger partial charge in [0.05, 0.1) is 18.5 Å². The van der Waals surface area contributed by atoms with Crippen molar-refractivity contribution in [2.75, 3.05) is 30.1 Å². The number of anilines is 1. The molecule has 0 bridgehead atoms. The van der Waals surface area contributed by atoms with Crippen LogP contribution in [0.4, 0.5) is 14.9 Å². The Balaban J connectivity index is 1.71. The molecule has 0 radical (unpaired) electrons. The molecule has 3 rings (SSSR count). The Kier molecular flexibility index (Phi) is 4.84. The summed E-state index contributed by atoms with van der Waals surface area (Å²) in [6.45, 7) is -0.155. The molecule has 2 atom stereocenters. The molecule has 9 heteroatoms. The summed E-state index contributed by atoms with van der Waals surface area (Å²) in [6.07, 6.45) is 1.50. The zero-order valence-electron chi connectivity index (χ0n) is 12.8. The quantitative estimate of drug-likeness (QED) is 0.739. The summed E-state index contributed by atoms with van der Waals surface area (Å²) >= 11 is 1.63. The minimum Gasteiger partial charge on any atom is -0.441 e. The lowest BCUT2D eigenvalue weighted by Crippen LogP contribution is -2.26. The smallest absolute Gasteiger partial charge is 0.414 e. The third kappa shape index (κ3) is 3.90. The molecule has 1 aromatic rings. The molecule has 0 aliphatic carbocycles. The van der Waals surface area contributed by atoms with E-state index in [1.807, 2.05) is 11.5 Å². The molecule has 1 saturated heterocycles. The lowest BCUT2D eigenvalue weighted by molar-refractivity contribution is 0.107. The number of allylic oxidation sites excluding steroid dienone is 1. The van der Waals surface area contributed by atoms with Crippen molar-refractivity contribution in [2.24, 2.45) is 0 Å². The molecule has 0 saturated carbocycles. The van der Waals surface area contributed by atoms with Gasteiger partial charge in [0.25, 0.3) is 10.1 Å². The summed E-state index contributed by atoms with van der Waals surface area (Å²) in [7, 11) is -3.61. The van der Waals surface area contributed by atoms with Crippen LogP contribution in [0.3, 0.4) is 0 Å². The van der Waals surface area contributed by atoms with Crippen LogP contribution < -0.4 is 4.90 Å². The molecule has 24 heavy (non-hydrogen) atoms. The summed E-state index contributed by atoms with van der Waals surface area (Å²) in [5.41, 5.74) is 0.960. The van der Waals surface area contributed by atoms with Crippen LogP contribution in [0.5, 0.6) is 0 Å². The molecule has 2 aliphatic rings. The fourth-order valence-corrected chi connectivity index (χ4v) is 3.87. The molecule has 1 amide bonds. The summed E-state index contributed by atoms with van der Waals surface area (Å²) in [5.74, 6) is 0.450. The van der Waals surface area contributed by atoms with Crippen LogP contribution in [-0.4, -0.2) is 45.8 Å².